The third-order valence-corrected chi connectivity index (χ3v) is 3.47. The number of hydrogen-bond donors (Lipinski definition) is 2. The number of carbonyl (C=O) groups is 2. The van der Waals surface area contributed by atoms with Crippen molar-refractivity contribution < 1.29 is 29.4 Å². The fourth-order valence-electron chi connectivity index (χ4n) is 2.51. The Bertz CT molecular complexity index is 425. The molecule has 0 saturated heterocycles. The number of ketones is 1. The monoisotopic (exact) mass is 329 g/mol. The van der Waals surface area contributed by atoms with Crippen LogP contribution in [0, 0.1) is 0 Å². The van der Waals surface area contributed by atoms with Crippen molar-refractivity contribution in [3.05, 3.63) is 11.8 Å². The van der Waals surface area contributed by atoms with Crippen molar-refractivity contribution in [2.45, 2.75) is 57.5 Å². The van der Waals surface area contributed by atoms with Crippen molar-refractivity contribution in [1.82, 2.24) is 0 Å². The Morgan fingerprint density at radius 2 is 1.70 bits per heavy atom. The molecule has 23 heavy (non-hydrogen) atoms. The molecule has 0 aromatic carbocycles. The maximum absolute atomic E-state index is 11.9. The summed E-state index contributed by atoms with van der Waals surface area (Å²) in [6.07, 6.45) is 5.45. The first-order chi connectivity index (χ1) is 10.5. The second-order valence-electron chi connectivity index (χ2n) is 7.19. The largest absolute Gasteiger partial charge is 0.550 e. The molecular weight excluding hydrogens is 298 g/mol. The maximum Gasteiger partial charge on any atom is 0.175 e. The van der Waals surface area contributed by atoms with Crippen molar-refractivity contribution in [3.63, 3.8) is 0 Å². The van der Waals surface area contributed by atoms with Crippen LogP contribution in [-0.4, -0.2) is 59.7 Å². The van der Waals surface area contributed by atoms with E-state index in [0.29, 0.717) is 0 Å². The highest BCUT2D eigenvalue weighted by Gasteiger charge is 2.38. The summed E-state index contributed by atoms with van der Waals surface area (Å²) in [6, 6.07) is 0. The number of quaternary nitrogens is 1. The normalized spacial score (nSPS) is 15.3. The smallest absolute Gasteiger partial charge is 0.175 e. The van der Waals surface area contributed by atoms with Gasteiger partial charge in [0, 0.05) is 24.9 Å². The van der Waals surface area contributed by atoms with Crippen LogP contribution in [0.4, 0.5) is 0 Å². The van der Waals surface area contributed by atoms with Gasteiger partial charge in [-0.1, -0.05) is 32.6 Å². The van der Waals surface area contributed by atoms with Crippen LogP contribution in [0.1, 0.15) is 51.9 Å². The molecular formula is C17H31NO5. The van der Waals surface area contributed by atoms with Gasteiger partial charge in [0.2, 0.25) is 0 Å². The summed E-state index contributed by atoms with van der Waals surface area (Å²) >= 11 is 0. The molecule has 6 heteroatoms. The predicted octanol–water partition coefficient (Wildman–Crippen LogP) is 0.935. The number of rotatable bonds is 12. The molecule has 0 radical (unpaired) electrons. The maximum atomic E-state index is 11.9. The second-order valence-corrected chi connectivity index (χ2v) is 7.19. The molecule has 2 N–H and O–H groups in total. The van der Waals surface area contributed by atoms with Gasteiger partial charge in [0.1, 0.15) is 12.3 Å². The topological polar surface area (TPSA) is 97.7 Å². The average molecular weight is 329 g/mol. The molecule has 0 amide bonds. The third-order valence-electron chi connectivity index (χ3n) is 3.47. The lowest BCUT2D eigenvalue weighted by Gasteiger charge is -2.35. The first-order valence-electron chi connectivity index (χ1n) is 8.17. The lowest BCUT2D eigenvalue weighted by molar-refractivity contribution is -0.876. The van der Waals surface area contributed by atoms with Crippen LogP contribution < -0.4 is 5.11 Å². The molecule has 0 bridgehead atoms. The molecule has 0 aromatic heterocycles. The Labute approximate surface area is 139 Å². The highest BCUT2D eigenvalue weighted by Crippen LogP contribution is 2.22. The molecule has 0 aliphatic carbocycles. The third kappa shape index (κ3) is 10.1. The number of likely N-dealkylation sites (N-methyl/N-ethyl adjacent to an activating group) is 1. The Morgan fingerprint density at radius 3 is 2.17 bits per heavy atom. The van der Waals surface area contributed by atoms with E-state index in [1.165, 1.54) is 0 Å². The number of carboxylic acid groups (broad SMARTS) is 1. The first-order valence-corrected chi connectivity index (χ1v) is 8.17. The number of hydrogen-bond acceptors (Lipinski definition) is 5. The van der Waals surface area contributed by atoms with Gasteiger partial charge in [0.05, 0.1) is 21.1 Å². The minimum absolute atomic E-state index is 0.0485. The molecule has 0 aromatic rings. The van der Waals surface area contributed by atoms with E-state index in [9.17, 15) is 24.9 Å². The zero-order chi connectivity index (χ0) is 18.1. The van der Waals surface area contributed by atoms with E-state index in [1.807, 2.05) is 0 Å². The minimum Gasteiger partial charge on any atom is -0.550 e. The Hall–Kier alpha value is -1.40. The van der Waals surface area contributed by atoms with E-state index < -0.39 is 23.8 Å². The molecule has 1 atom stereocenters. The van der Waals surface area contributed by atoms with Crippen molar-refractivity contribution >= 4 is 11.8 Å². The van der Waals surface area contributed by atoms with Crippen LogP contribution in [0.15, 0.2) is 11.8 Å². The summed E-state index contributed by atoms with van der Waals surface area (Å²) in [5, 5.41) is 31.4. The van der Waals surface area contributed by atoms with Crippen LogP contribution in [0.3, 0.4) is 0 Å². The van der Waals surface area contributed by atoms with Gasteiger partial charge in [-0.05, 0) is 6.42 Å². The molecule has 0 aliphatic heterocycles. The van der Waals surface area contributed by atoms with Crippen molar-refractivity contribution in [1.29, 1.82) is 0 Å². The van der Waals surface area contributed by atoms with Crippen LogP contribution in [0.25, 0.3) is 0 Å². The summed E-state index contributed by atoms with van der Waals surface area (Å²) in [6.45, 7) is 2.06. The van der Waals surface area contributed by atoms with Gasteiger partial charge in [-0.25, -0.2) is 0 Å². The highest BCUT2D eigenvalue weighted by atomic mass is 16.4. The number of aliphatic carboxylic acids is 1. The van der Waals surface area contributed by atoms with Crippen LogP contribution in [-0.2, 0) is 9.59 Å². The Kier molecular flexibility index (Phi) is 9.09. The average Bonchev–Trinajstić information content (AvgIpc) is 2.35. The molecule has 6 nitrogen and oxygen atoms in total. The molecule has 0 spiro atoms. The first kappa shape index (κ1) is 21.6. The summed E-state index contributed by atoms with van der Waals surface area (Å²) in [4.78, 5) is 22.7. The zero-order valence-corrected chi connectivity index (χ0v) is 14.8. The van der Waals surface area contributed by atoms with Crippen molar-refractivity contribution in [2.75, 3.05) is 27.7 Å². The quantitative estimate of drug-likeness (QED) is 0.240. The SMILES string of the molecule is CCCCCCCC(=O)/C=C(\O)C(O)(CC(=O)[O-])C[N+](C)(C)C. The fraction of sp³-hybridized carbons (Fsp3) is 0.765. The van der Waals surface area contributed by atoms with E-state index in [1.54, 1.807) is 21.1 Å². The molecule has 0 fully saturated rings. The number of allylic oxidation sites excluding steroid dienone is 1. The number of aliphatic hydroxyl groups is 2. The van der Waals surface area contributed by atoms with Gasteiger partial charge < -0.3 is 24.6 Å². The van der Waals surface area contributed by atoms with E-state index in [2.05, 4.69) is 6.92 Å². The summed E-state index contributed by atoms with van der Waals surface area (Å²) in [5.41, 5.74) is -2.01. The summed E-state index contributed by atoms with van der Waals surface area (Å²) in [5.74, 6) is -2.39. The van der Waals surface area contributed by atoms with Crippen LogP contribution >= 0.6 is 0 Å². The Morgan fingerprint density at radius 1 is 1.13 bits per heavy atom. The van der Waals surface area contributed by atoms with Gasteiger partial charge in [0.25, 0.3) is 0 Å². The minimum atomic E-state index is -2.01. The predicted molar refractivity (Wildman–Crippen MR) is 86.6 cm³/mol. The van der Waals surface area contributed by atoms with Crippen LogP contribution in [0.5, 0.6) is 0 Å². The number of aliphatic hydroxyl groups excluding tert-OH is 1. The molecule has 0 aliphatic rings. The van der Waals surface area contributed by atoms with E-state index in [4.69, 9.17) is 0 Å². The molecule has 0 saturated carbocycles. The van der Waals surface area contributed by atoms with E-state index >= 15 is 0 Å². The van der Waals surface area contributed by atoms with Gasteiger partial charge in [-0.2, -0.15) is 0 Å². The molecule has 1 unspecified atom stereocenters. The number of unbranched alkanes of at least 4 members (excludes halogenated alkanes) is 4. The summed E-state index contributed by atoms with van der Waals surface area (Å²) < 4.78 is 0.229. The van der Waals surface area contributed by atoms with E-state index in [0.717, 1.165) is 38.2 Å². The lowest BCUT2D eigenvalue weighted by atomic mass is 9.94. The number of nitrogens with zero attached hydrogens (tertiary/aromatic N) is 1. The molecule has 0 heterocycles. The molecule has 134 valence electrons. The second kappa shape index (κ2) is 9.67. The Balaban J connectivity index is 4.82. The van der Waals surface area contributed by atoms with Gasteiger partial charge >= 0.3 is 0 Å². The standard InChI is InChI=1S/C17H31NO5/c1-5-6-7-8-9-10-14(19)11-15(20)17(23,12-16(21)22)13-18(2,3)4/h11,23H,5-10,12-13H2,1-4H3,(H-,19,20,21,22). The van der Waals surface area contributed by atoms with Crippen LogP contribution in [0.2, 0.25) is 0 Å². The highest BCUT2D eigenvalue weighted by molar-refractivity contribution is 5.90. The fourth-order valence-corrected chi connectivity index (χ4v) is 2.51. The van der Waals surface area contributed by atoms with Gasteiger partial charge in [-0.3, -0.25) is 4.79 Å². The van der Waals surface area contributed by atoms with Gasteiger partial charge in [-0.15, -0.1) is 0 Å². The zero-order valence-electron chi connectivity index (χ0n) is 14.8. The van der Waals surface area contributed by atoms with E-state index in [-0.39, 0.29) is 23.2 Å². The van der Waals surface area contributed by atoms with Crippen molar-refractivity contribution in [3.8, 4) is 0 Å². The number of carbonyl (C=O) groups excluding carboxylic acids is 2. The van der Waals surface area contributed by atoms with Crippen molar-refractivity contribution in [2.24, 2.45) is 0 Å². The molecule has 0 rings (SSSR count). The lowest BCUT2D eigenvalue weighted by Crippen LogP contribution is -2.52. The summed E-state index contributed by atoms with van der Waals surface area (Å²) in [7, 11) is 5.26. The number of carboxylic acids is 1. The van der Waals surface area contributed by atoms with Gasteiger partial charge in [0.15, 0.2) is 11.4 Å².